The maximum absolute atomic E-state index is 13.6. The summed E-state index contributed by atoms with van der Waals surface area (Å²) in [4.78, 5) is 27.5. The first-order chi connectivity index (χ1) is 15.9. The van der Waals surface area contributed by atoms with Gasteiger partial charge in [0.2, 0.25) is 11.8 Å². The first-order valence-electron chi connectivity index (χ1n) is 11.4. The van der Waals surface area contributed by atoms with Crippen molar-refractivity contribution in [3.05, 3.63) is 82.9 Å². The number of hydrogen-bond donors (Lipinski definition) is 2. The molecule has 0 bridgehead atoms. The Bertz CT molecular complexity index is 1150. The van der Waals surface area contributed by atoms with E-state index in [0.717, 1.165) is 12.0 Å². The topological polar surface area (TPSA) is 75.4 Å². The molecule has 6 heteroatoms. The molecule has 0 spiro atoms. The van der Waals surface area contributed by atoms with Crippen molar-refractivity contribution in [2.75, 3.05) is 19.6 Å². The van der Waals surface area contributed by atoms with Crippen molar-refractivity contribution in [3.8, 4) is 0 Å². The highest BCUT2D eigenvalue weighted by Crippen LogP contribution is 2.26. The molecule has 1 unspecified atom stereocenters. The average Bonchev–Trinajstić information content (AvgIpc) is 2.83. The van der Waals surface area contributed by atoms with E-state index in [4.69, 9.17) is 17.3 Å². The Labute approximate surface area is 199 Å². The number of nitrogens with two attached hydrogens (primary N) is 1. The minimum atomic E-state index is -0.581. The van der Waals surface area contributed by atoms with E-state index < -0.39 is 17.7 Å². The third kappa shape index (κ3) is 5.55. The van der Waals surface area contributed by atoms with Crippen LogP contribution in [-0.2, 0) is 22.4 Å². The van der Waals surface area contributed by atoms with Crippen molar-refractivity contribution < 1.29 is 9.59 Å². The molecule has 1 aliphatic rings. The third-order valence-electron chi connectivity index (χ3n) is 6.63. The predicted molar refractivity (Wildman–Crippen MR) is 133 cm³/mol. The molecule has 5 nitrogen and oxygen atoms in total. The van der Waals surface area contributed by atoms with Gasteiger partial charge < -0.3 is 16.0 Å². The smallest absolute Gasteiger partial charge is 0.226 e. The number of benzene rings is 3. The molecule has 1 heterocycles. The van der Waals surface area contributed by atoms with Crippen molar-refractivity contribution in [1.29, 1.82) is 0 Å². The number of carbonyl (C=O) groups is 2. The van der Waals surface area contributed by atoms with Crippen LogP contribution in [-0.4, -0.2) is 42.4 Å². The lowest BCUT2D eigenvalue weighted by Crippen LogP contribution is -2.55. The number of primary amides is 1. The predicted octanol–water partition coefficient (Wildman–Crippen LogP) is 3.82. The Morgan fingerprint density at radius 2 is 1.82 bits per heavy atom. The molecule has 0 aromatic heterocycles. The van der Waals surface area contributed by atoms with E-state index in [9.17, 15) is 9.59 Å². The van der Waals surface area contributed by atoms with Gasteiger partial charge in [0.15, 0.2) is 0 Å². The minimum Gasteiger partial charge on any atom is -0.369 e. The average molecular weight is 464 g/mol. The summed E-state index contributed by atoms with van der Waals surface area (Å²) in [6.07, 6.45) is 1.22. The summed E-state index contributed by atoms with van der Waals surface area (Å²) < 4.78 is 0. The van der Waals surface area contributed by atoms with Gasteiger partial charge >= 0.3 is 0 Å². The molecule has 4 rings (SSSR count). The number of rotatable bonds is 7. The number of nitrogens with zero attached hydrogens (tertiary/aromatic N) is 1. The highest BCUT2D eigenvalue weighted by molar-refractivity contribution is 6.31. The van der Waals surface area contributed by atoms with Gasteiger partial charge in [-0.05, 0) is 40.8 Å². The molecule has 33 heavy (non-hydrogen) atoms. The molecule has 1 aliphatic heterocycles. The Kier molecular flexibility index (Phi) is 7.31. The lowest BCUT2D eigenvalue weighted by Gasteiger charge is -2.37. The molecule has 1 fully saturated rings. The van der Waals surface area contributed by atoms with Crippen LogP contribution in [0.1, 0.15) is 18.1 Å². The minimum absolute atomic E-state index is 0.0359. The maximum Gasteiger partial charge on any atom is 0.226 e. The zero-order valence-electron chi connectivity index (χ0n) is 18.8. The van der Waals surface area contributed by atoms with Crippen molar-refractivity contribution in [2.45, 2.75) is 25.8 Å². The number of fused-ring (bicyclic) bond motifs is 1. The Morgan fingerprint density at radius 1 is 1.09 bits per heavy atom. The van der Waals surface area contributed by atoms with Crippen LogP contribution in [0.15, 0.2) is 66.7 Å². The lowest BCUT2D eigenvalue weighted by atomic mass is 9.85. The van der Waals surface area contributed by atoms with E-state index in [0.29, 0.717) is 31.1 Å². The molecule has 0 radical (unpaired) electrons. The molecule has 3 N–H and O–H groups in total. The highest BCUT2D eigenvalue weighted by Gasteiger charge is 2.34. The van der Waals surface area contributed by atoms with Crippen LogP contribution in [0.4, 0.5) is 0 Å². The normalized spacial score (nSPS) is 18.1. The molecule has 1 saturated heterocycles. The molecule has 3 aromatic rings. The lowest BCUT2D eigenvalue weighted by molar-refractivity contribution is -0.141. The van der Waals surface area contributed by atoms with Gasteiger partial charge in [0.25, 0.3) is 0 Å². The van der Waals surface area contributed by atoms with E-state index in [1.54, 1.807) is 13.0 Å². The molecular formula is C27H30ClN3O2. The van der Waals surface area contributed by atoms with Gasteiger partial charge in [0, 0.05) is 36.6 Å². The molecule has 172 valence electrons. The summed E-state index contributed by atoms with van der Waals surface area (Å²) in [7, 11) is 0. The number of carbonyl (C=O) groups excluding carboxylic acids is 2. The molecule has 0 aliphatic carbocycles. The second-order valence-electron chi connectivity index (χ2n) is 8.91. The standard InChI is InChI=1S/C27H30ClN3O2/c1-18(26(29)32)24(16-22-8-4-5-9-25(22)28)27(33)31-13-12-30-23(17-31)15-19-10-11-20-6-2-3-7-21(20)14-19/h2-11,14,18,23-24,30H,12-13,15-17H2,1H3,(H2,29,32)/t18?,23-,24-/m1/s1. The number of piperazine rings is 1. The van der Waals surface area contributed by atoms with Gasteiger partial charge in [-0.1, -0.05) is 79.2 Å². The summed E-state index contributed by atoms with van der Waals surface area (Å²) in [6, 6.07) is 22.4. The van der Waals surface area contributed by atoms with Crippen molar-refractivity contribution in [1.82, 2.24) is 10.2 Å². The van der Waals surface area contributed by atoms with Gasteiger partial charge in [0.05, 0.1) is 5.92 Å². The Balaban J connectivity index is 1.48. The summed E-state index contributed by atoms with van der Waals surface area (Å²) in [5.74, 6) is -1.63. The first kappa shape index (κ1) is 23.3. The summed E-state index contributed by atoms with van der Waals surface area (Å²) >= 11 is 6.35. The number of amides is 2. The van der Waals surface area contributed by atoms with Crippen molar-refractivity contribution in [3.63, 3.8) is 0 Å². The largest absolute Gasteiger partial charge is 0.369 e. The number of halogens is 1. The van der Waals surface area contributed by atoms with E-state index in [2.05, 4.69) is 35.6 Å². The maximum atomic E-state index is 13.6. The van der Waals surface area contributed by atoms with Crippen molar-refractivity contribution >= 4 is 34.2 Å². The molecule has 0 saturated carbocycles. The quantitative estimate of drug-likeness (QED) is 0.559. The summed E-state index contributed by atoms with van der Waals surface area (Å²) in [5, 5.41) is 6.58. The van der Waals surface area contributed by atoms with E-state index in [1.807, 2.05) is 35.2 Å². The van der Waals surface area contributed by atoms with Crippen LogP contribution in [0.2, 0.25) is 5.02 Å². The van der Waals surface area contributed by atoms with E-state index >= 15 is 0 Å². The second-order valence-corrected chi connectivity index (χ2v) is 9.32. The summed E-state index contributed by atoms with van der Waals surface area (Å²) in [6.45, 7) is 3.65. The Morgan fingerprint density at radius 3 is 2.58 bits per heavy atom. The van der Waals surface area contributed by atoms with Crippen LogP contribution in [0.5, 0.6) is 0 Å². The second kappa shape index (κ2) is 10.4. The monoisotopic (exact) mass is 463 g/mol. The van der Waals surface area contributed by atoms with Crippen LogP contribution in [0, 0.1) is 11.8 Å². The fraction of sp³-hybridized carbons (Fsp3) is 0.333. The highest BCUT2D eigenvalue weighted by atomic mass is 35.5. The summed E-state index contributed by atoms with van der Waals surface area (Å²) in [5.41, 5.74) is 7.71. The number of nitrogens with one attached hydrogen (secondary N) is 1. The zero-order chi connectivity index (χ0) is 23.4. The first-order valence-corrected chi connectivity index (χ1v) is 11.8. The molecule has 3 aromatic carbocycles. The van der Waals surface area contributed by atoms with Gasteiger partial charge in [-0.15, -0.1) is 0 Å². The Hall–Kier alpha value is -2.89. The van der Waals surface area contributed by atoms with Crippen molar-refractivity contribution in [2.24, 2.45) is 17.6 Å². The SMILES string of the molecule is CC(C(N)=O)[C@@H](Cc1ccccc1Cl)C(=O)N1CCN[C@H](Cc2ccc3ccccc3c2)C1. The molecule has 2 amide bonds. The third-order valence-corrected chi connectivity index (χ3v) is 7.00. The van der Waals surface area contributed by atoms with Crippen LogP contribution < -0.4 is 11.1 Å². The van der Waals surface area contributed by atoms with Crippen LogP contribution >= 0.6 is 11.6 Å². The molecule has 3 atom stereocenters. The molecular weight excluding hydrogens is 434 g/mol. The van der Waals surface area contributed by atoms with E-state index in [-0.39, 0.29) is 11.9 Å². The van der Waals surface area contributed by atoms with Crippen LogP contribution in [0.3, 0.4) is 0 Å². The fourth-order valence-electron chi connectivity index (χ4n) is 4.62. The van der Waals surface area contributed by atoms with Gasteiger partial charge in [-0.2, -0.15) is 0 Å². The zero-order valence-corrected chi connectivity index (χ0v) is 19.6. The van der Waals surface area contributed by atoms with Gasteiger partial charge in [-0.3, -0.25) is 9.59 Å². The van der Waals surface area contributed by atoms with E-state index in [1.165, 1.54) is 16.3 Å². The van der Waals surface area contributed by atoms with Gasteiger partial charge in [0.1, 0.15) is 0 Å². The number of hydrogen-bond acceptors (Lipinski definition) is 3. The fourth-order valence-corrected chi connectivity index (χ4v) is 4.84. The van der Waals surface area contributed by atoms with Crippen LogP contribution in [0.25, 0.3) is 10.8 Å². The van der Waals surface area contributed by atoms with Gasteiger partial charge in [-0.25, -0.2) is 0 Å².